The fraction of sp³-hybridized carbons (Fsp3) is 0.278. The summed E-state index contributed by atoms with van der Waals surface area (Å²) in [5.74, 6) is -6.16. The van der Waals surface area contributed by atoms with Gasteiger partial charge in [0.2, 0.25) is 0 Å². The number of hydrazone groups is 1. The maximum Gasteiger partial charge on any atom is 0.462 e. The second-order valence-corrected chi connectivity index (χ2v) is 6.14. The Morgan fingerprint density at radius 3 is 2.34 bits per heavy atom. The predicted molar refractivity (Wildman–Crippen MR) is 97.1 cm³/mol. The minimum Gasteiger partial charge on any atom is -0.493 e. The van der Waals surface area contributed by atoms with Crippen molar-refractivity contribution in [3.05, 3.63) is 63.7 Å². The van der Waals surface area contributed by atoms with E-state index in [1.807, 2.05) is 0 Å². The number of benzene rings is 2. The lowest BCUT2D eigenvalue weighted by Gasteiger charge is -2.27. The van der Waals surface area contributed by atoms with Crippen LogP contribution in [0.5, 0.6) is 11.5 Å². The van der Waals surface area contributed by atoms with Gasteiger partial charge in [0.15, 0.2) is 11.5 Å². The predicted octanol–water partition coefficient (Wildman–Crippen LogP) is 4.90. The van der Waals surface area contributed by atoms with Crippen LogP contribution in [0.1, 0.15) is 11.1 Å². The molecule has 0 bridgehead atoms. The minimum atomic E-state index is -6.49. The van der Waals surface area contributed by atoms with Crippen LogP contribution < -0.4 is 14.9 Å². The van der Waals surface area contributed by atoms with Gasteiger partial charge in [-0.25, -0.2) is 5.43 Å². The Balaban J connectivity index is 2.10. The minimum absolute atomic E-state index is 0.00294. The van der Waals surface area contributed by atoms with E-state index in [1.54, 1.807) is 6.07 Å². The van der Waals surface area contributed by atoms with Gasteiger partial charge in [0.05, 0.1) is 18.2 Å². The highest BCUT2D eigenvalue weighted by atomic mass is 19.4. The molecule has 2 aromatic carbocycles. The number of halogens is 7. The van der Waals surface area contributed by atoms with Crippen LogP contribution in [0.25, 0.3) is 0 Å². The van der Waals surface area contributed by atoms with Crippen LogP contribution in [0.4, 0.5) is 36.4 Å². The summed E-state index contributed by atoms with van der Waals surface area (Å²) in [6, 6.07) is 3.63. The molecule has 7 nitrogen and oxygen atoms in total. The SMILES string of the molecule is COc1cc(/C=N/NC(F)(F)C(F)(F)C(F)(F)F)ccc1OCc1cccc([N+](=O)[O-])c1. The maximum absolute atomic E-state index is 13.2. The van der Waals surface area contributed by atoms with Gasteiger partial charge in [0.25, 0.3) is 5.69 Å². The molecule has 0 aliphatic carbocycles. The zero-order valence-corrected chi connectivity index (χ0v) is 16.0. The topological polar surface area (TPSA) is 86.0 Å². The second-order valence-electron chi connectivity index (χ2n) is 6.14. The number of hydrogen-bond acceptors (Lipinski definition) is 6. The zero-order chi connectivity index (χ0) is 24.2. The lowest BCUT2D eigenvalue weighted by atomic mass is 10.2. The first-order valence-corrected chi connectivity index (χ1v) is 8.45. The van der Waals surface area contributed by atoms with Crippen molar-refractivity contribution in [3.63, 3.8) is 0 Å². The van der Waals surface area contributed by atoms with Crippen molar-refractivity contribution in [3.8, 4) is 11.5 Å². The van der Waals surface area contributed by atoms with E-state index in [-0.39, 0.29) is 29.4 Å². The molecule has 14 heteroatoms. The van der Waals surface area contributed by atoms with Crippen LogP contribution in [-0.4, -0.2) is 36.4 Å². The Labute approximate surface area is 175 Å². The molecule has 0 fully saturated rings. The van der Waals surface area contributed by atoms with Crippen LogP contribution in [-0.2, 0) is 6.61 Å². The molecule has 0 spiro atoms. The molecule has 1 N–H and O–H groups in total. The number of alkyl halides is 7. The van der Waals surface area contributed by atoms with Gasteiger partial charge in [-0.1, -0.05) is 12.1 Å². The molecule has 0 amide bonds. The molecule has 0 unspecified atom stereocenters. The van der Waals surface area contributed by atoms with Gasteiger partial charge < -0.3 is 9.47 Å². The molecule has 2 aromatic rings. The number of rotatable bonds is 9. The highest BCUT2D eigenvalue weighted by molar-refractivity contribution is 5.80. The second kappa shape index (κ2) is 9.28. The van der Waals surface area contributed by atoms with E-state index in [0.29, 0.717) is 17.2 Å². The van der Waals surface area contributed by atoms with Gasteiger partial charge >= 0.3 is 18.1 Å². The van der Waals surface area contributed by atoms with Crippen LogP contribution in [0.3, 0.4) is 0 Å². The molecule has 0 radical (unpaired) electrons. The first-order chi connectivity index (χ1) is 14.8. The van der Waals surface area contributed by atoms with Crippen molar-refractivity contribution in [2.24, 2.45) is 5.10 Å². The molecule has 0 atom stereocenters. The third-order valence-corrected chi connectivity index (χ3v) is 3.87. The number of nitrogens with one attached hydrogen (secondary N) is 1. The van der Waals surface area contributed by atoms with Gasteiger partial charge in [-0.3, -0.25) is 10.1 Å². The summed E-state index contributed by atoms with van der Waals surface area (Å²) < 4.78 is 98.8. The highest BCUT2D eigenvalue weighted by Gasteiger charge is 2.73. The van der Waals surface area contributed by atoms with Crippen LogP contribution in [0.15, 0.2) is 47.6 Å². The molecule has 2 rings (SSSR count). The summed E-state index contributed by atoms with van der Waals surface area (Å²) in [6.07, 6.45) is -5.91. The number of hydrogen-bond donors (Lipinski definition) is 1. The van der Waals surface area contributed by atoms with Crippen molar-refractivity contribution in [1.82, 2.24) is 5.43 Å². The van der Waals surface area contributed by atoms with Crippen LogP contribution in [0.2, 0.25) is 0 Å². The molecule has 0 heterocycles. The smallest absolute Gasteiger partial charge is 0.462 e. The third-order valence-electron chi connectivity index (χ3n) is 3.87. The first-order valence-electron chi connectivity index (χ1n) is 8.45. The summed E-state index contributed by atoms with van der Waals surface area (Å²) in [4.78, 5) is 10.2. The molecule has 0 saturated heterocycles. The van der Waals surface area contributed by atoms with Crippen molar-refractivity contribution in [1.29, 1.82) is 0 Å². The fourth-order valence-electron chi connectivity index (χ4n) is 2.24. The molecule has 174 valence electrons. The lowest BCUT2D eigenvalue weighted by molar-refractivity contribution is -0.384. The number of methoxy groups -OCH3 is 1. The van der Waals surface area contributed by atoms with E-state index in [4.69, 9.17) is 9.47 Å². The van der Waals surface area contributed by atoms with Gasteiger partial charge in [0, 0.05) is 12.1 Å². The van der Waals surface area contributed by atoms with Crippen LogP contribution >= 0.6 is 0 Å². The number of nitro groups is 1. The average molecular weight is 469 g/mol. The van der Waals surface area contributed by atoms with Crippen molar-refractivity contribution in [2.45, 2.75) is 24.8 Å². The molecular formula is C18H14F7N3O4. The Bertz CT molecular complexity index is 997. The standard InChI is InChI=1S/C18H14F7N3O4/c1-31-15-8-11(9-26-27-18(24,25)16(19,20)17(21,22)23)5-6-14(15)32-10-12-3-2-4-13(7-12)28(29)30/h2-9,27H,10H2,1H3/b26-9+. The van der Waals surface area contributed by atoms with Crippen molar-refractivity contribution < 1.29 is 45.1 Å². The molecule has 0 aliphatic heterocycles. The molecule has 0 aromatic heterocycles. The van der Waals surface area contributed by atoms with Crippen LogP contribution in [0, 0.1) is 10.1 Å². The largest absolute Gasteiger partial charge is 0.493 e. The Morgan fingerprint density at radius 1 is 1.06 bits per heavy atom. The number of nitrogens with zero attached hydrogens (tertiary/aromatic N) is 2. The van der Waals surface area contributed by atoms with Gasteiger partial charge in [0.1, 0.15) is 6.61 Å². The summed E-state index contributed by atoms with van der Waals surface area (Å²) in [7, 11) is 1.23. The number of ether oxygens (including phenoxy) is 2. The van der Waals surface area contributed by atoms with E-state index in [0.717, 1.165) is 0 Å². The lowest BCUT2D eigenvalue weighted by Crippen LogP contribution is -2.58. The molecule has 0 aliphatic rings. The van der Waals surface area contributed by atoms with Gasteiger partial charge in [-0.2, -0.15) is 35.8 Å². The Morgan fingerprint density at radius 2 is 1.75 bits per heavy atom. The monoisotopic (exact) mass is 469 g/mol. The van der Waals surface area contributed by atoms with Crippen molar-refractivity contribution >= 4 is 11.9 Å². The normalized spacial score (nSPS) is 12.6. The van der Waals surface area contributed by atoms with E-state index in [2.05, 4.69) is 5.10 Å². The Hall–Kier alpha value is -3.58. The zero-order valence-electron chi connectivity index (χ0n) is 16.0. The summed E-state index contributed by atoms with van der Waals surface area (Å²) >= 11 is 0. The van der Waals surface area contributed by atoms with Crippen molar-refractivity contribution in [2.75, 3.05) is 7.11 Å². The molecule has 32 heavy (non-hydrogen) atoms. The van der Waals surface area contributed by atoms with E-state index >= 15 is 0 Å². The average Bonchev–Trinajstić information content (AvgIpc) is 2.71. The first kappa shape index (κ1) is 24.7. The number of non-ortho nitro benzene ring substituents is 1. The summed E-state index contributed by atoms with van der Waals surface area (Å²) in [6.45, 7) is -0.0915. The van der Waals surface area contributed by atoms with E-state index in [1.165, 1.54) is 43.5 Å². The van der Waals surface area contributed by atoms with Gasteiger partial charge in [-0.05, 0) is 29.3 Å². The van der Waals surface area contributed by atoms with Gasteiger partial charge in [-0.15, -0.1) is 0 Å². The van der Waals surface area contributed by atoms with E-state index < -0.39 is 23.1 Å². The number of nitro benzene ring substituents is 1. The third kappa shape index (κ3) is 5.56. The highest BCUT2D eigenvalue weighted by Crippen LogP contribution is 2.45. The molecule has 0 saturated carbocycles. The quantitative estimate of drug-likeness (QED) is 0.186. The maximum atomic E-state index is 13.2. The Kier molecular flexibility index (Phi) is 7.16. The summed E-state index contributed by atoms with van der Waals surface area (Å²) in [5.41, 5.74) is 0.823. The fourth-order valence-corrected chi connectivity index (χ4v) is 2.24. The molecular weight excluding hydrogens is 455 g/mol. The van der Waals surface area contributed by atoms with E-state index in [9.17, 15) is 40.8 Å². The summed E-state index contributed by atoms with van der Waals surface area (Å²) in [5, 5.41) is 13.6.